The molecule has 1 aliphatic rings. The fourth-order valence-electron chi connectivity index (χ4n) is 1.09. The molecule has 0 nitrogen and oxygen atoms in total. The van der Waals surface area contributed by atoms with Crippen LogP contribution >= 0.6 is 23.4 Å². The number of thioether (sulfide) groups is 1. The minimum absolute atomic E-state index is 0.306. The third-order valence-corrected chi connectivity index (χ3v) is 3.71. The van der Waals surface area contributed by atoms with Gasteiger partial charge in [0.25, 0.3) is 0 Å². The van der Waals surface area contributed by atoms with E-state index < -0.39 is 0 Å². The molecule has 2 atom stereocenters. The van der Waals surface area contributed by atoms with Crippen LogP contribution in [0.1, 0.15) is 26.7 Å². The number of allylic oxidation sites excluding steroid dienone is 2. The van der Waals surface area contributed by atoms with Crippen LogP contribution in [0, 0.1) is 5.92 Å². The van der Waals surface area contributed by atoms with Gasteiger partial charge in [-0.2, -0.15) is 0 Å². The van der Waals surface area contributed by atoms with Crippen molar-refractivity contribution < 1.29 is 0 Å². The van der Waals surface area contributed by atoms with Crippen LogP contribution in [0.3, 0.4) is 0 Å². The van der Waals surface area contributed by atoms with Crippen molar-refractivity contribution in [3.8, 4) is 0 Å². The first-order chi connectivity index (χ1) is 4.77. The second-order valence-electron chi connectivity index (χ2n) is 2.53. The van der Waals surface area contributed by atoms with E-state index in [4.69, 9.17) is 11.6 Å². The summed E-state index contributed by atoms with van der Waals surface area (Å²) in [6.45, 7) is 4.37. The molecule has 0 aliphatic carbocycles. The fraction of sp³-hybridized carbons (Fsp3) is 0.750. The van der Waals surface area contributed by atoms with Crippen LogP contribution in [-0.4, -0.2) is 4.71 Å². The summed E-state index contributed by atoms with van der Waals surface area (Å²) in [7, 11) is 0. The van der Waals surface area contributed by atoms with Gasteiger partial charge in [0.2, 0.25) is 0 Å². The quantitative estimate of drug-likeness (QED) is 0.580. The van der Waals surface area contributed by atoms with Crippen molar-refractivity contribution >= 4 is 23.4 Å². The summed E-state index contributed by atoms with van der Waals surface area (Å²) in [5, 5.41) is 0. The zero-order valence-corrected chi connectivity index (χ0v) is 8.00. The summed E-state index contributed by atoms with van der Waals surface area (Å²) in [6.07, 6.45) is 4.64. The average Bonchev–Trinajstić information content (AvgIpc) is 2.30. The van der Waals surface area contributed by atoms with Crippen LogP contribution in [0.5, 0.6) is 0 Å². The molecule has 0 spiro atoms. The maximum Gasteiger partial charge on any atom is 0.0895 e. The van der Waals surface area contributed by atoms with Gasteiger partial charge in [0.05, 0.1) is 4.71 Å². The normalized spacial score (nSPS) is 32.5. The molecule has 0 aromatic rings. The molecule has 0 fully saturated rings. The number of halogens is 1. The molecule has 2 heteroatoms. The highest BCUT2D eigenvalue weighted by Crippen LogP contribution is 2.41. The fourth-order valence-corrected chi connectivity index (χ4v) is 2.84. The van der Waals surface area contributed by atoms with Gasteiger partial charge in [-0.05, 0) is 17.7 Å². The first kappa shape index (κ1) is 8.48. The van der Waals surface area contributed by atoms with Crippen LogP contribution in [0.4, 0.5) is 0 Å². The van der Waals surface area contributed by atoms with Gasteiger partial charge in [0.1, 0.15) is 0 Å². The predicted molar refractivity (Wildman–Crippen MR) is 49.4 cm³/mol. The van der Waals surface area contributed by atoms with Crippen molar-refractivity contribution in [2.45, 2.75) is 31.4 Å². The highest BCUT2D eigenvalue weighted by molar-refractivity contribution is 8.05. The Balaban J connectivity index is 2.52. The molecule has 0 aromatic heterocycles. The van der Waals surface area contributed by atoms with Crippen LogP contribution in [-0.2, 0) is 0 Å². The molecule has 0 saturated heterocycles. The van der Waals surface area contributed by atoms with E-state index in [1.165, 1.54) is 11.3 Å². The van der Waals surface area contributed by atoms with Gasteiger partial charge in [-0.15, -0.1) is 23.4 Å². The summed E-state index contributed by atoms with van der Waals surface area (Å²) in [5.41, 5.74) is 0. The van der Waals surface area contributed by atoms with Crippen molar-refractivity contribution in [2.24, 2.45) is 5.92 Å². The summed E-state index contributed by atoms with van der Waals surface area (Å²) in [6, 6.07) is 0. The molecule has 0 radical (unpaired) electrons. The van der Waals surface area contributed by atoms with E-state index in [1.54, 1.807) is 0 Å². The Morgan fingerprint density at radius 2 is 2.30 bits per heavy atom. The van der Waals surface area contributed by atoms with Crippen LogP contribution in [0.15, 0.2) is 11.0 Å². The van der Waals surface area contributed by atoms with Gasteiger partial charge in [0.15, 0.2) is 0 Å². The molecule has 2 unspecified atom stereocenters. The highest BCUT2D eigenvalue weighted by atomic mass is 35.5. The van der Waals surface area contributed by atoms with E-state index in [0.29, 0.717) is 10.6 Å². The van der Waals surface area contributed by atoms with E-state index in [9.17, 15) is 0 Å². The lowest BCUT2D eigenvalue weighted by Gasteiger charge is -2.06. The van der Waals surface area contributed by atoms with E-state index in [1.807, 2.05) is 11.8 Å². The van der Waals surface area contributed by atoms with Crippen molar-refractivity contribution in [2.75, 3.05) is 0 Å². The minimum Gasteiger partial charge on any atom is -0.111 e. The standard InChI is InChI=1S/C8H13ClS/c1-3-6-5-7(4-2)10-8(6)9/h5-6,8H,3-4H2,1-2H3. The first-order valence-corrected chi connectivity index (χ1v) is 5.11. The number of hydrogen-bond acceptors (Lipinski definition) is 1. The van der Waals surface area contributed by atoms with Gasteiger partial charge < -0.3 is 0 Å². The largest absolute Gasteiger partial charge is 0.111 e. The molecule has 0 aromatic carbocycles. The Kier molecular flexibility index (Phi) is 3.12. The molecular weight excluding hydrogens is 164 g/mol. The Labute approximate surface area is 72.0 Å². The lowest BCUT2D eigenvalue weighted by atomic mass is 10.1. The number of hydrogen-bond donors (Lipinski definition) is 0. The van der Waals surface area contributed by atoms with E-state index in [0.717, 1.165) is 6.42 Å². The van der Waals surface area contributed by atoms with E-state index >= 15 is 0 Å². The molecule has 58 valence electrons. The summed E-state index contributed by atoms with van der Waals surface area (Å²) >= 11 is 7.89. The summed E-state index contributed by atoms with van der Waals surface area (Å²) in [4.78, 5) is 1.46. The smallest absolute Gasteiger partial charge is 0.0895 e. The minimum atomic E-state index is 0.306. The van der Waals surface area contributed by atoms with Gasteiger partial charge in [-0.3, -0.25) is 0 Å². The average molecular weight is 177 g/mol. The molecule has 0 amide bonds. The predicted octanol–water partition coefficient (Wildman–Crippen LogP) is 3.62. The van der Waals surface area contributed by atoms with Crippen molar-refractivity contribution in [1.82, 2.24) is 0 Å². The lowest BCUT2D eigenvalue weighted by molar-refractivity contribution is 0.688. The Morgan fingerprint density at radius 1 is 1.60 bits per heavy atom. The zero-order valence-electron chi connectivity index (χ0n) is 6.43. The Morgan fingerprint density at radius 3 is 2.60 bits per heavy atom. The monoisotopic (exact) mass is 176 g/mol. The number of alkyl halides is 1. The van der Waals surface area contributed by atoms with Crippen molar-refractivity contribution in [3.05, 3.63) is 11.0 Å². The van der Waals surface area contributed by atoms with E-state index in [-0.39, 0.29) is 0 Å². The molecular formula is C8H13ClS. The Hall–Kier alpha value is 0.380. The van der Waals surface area contributed by atoms with Gasteiger partial charge in [-0.1, -0.05) is 19.9 Å². The molecule has 0 saturated carbocycles. The van der Waals surface area contributed by atoms with Gasteiger partial charge >= 0.3 is 0 Å². The maximum absolute atomic E-state index is 6.06. The first-order valence-electron chi connectivity index (χ1n) is 3.79. The van der Waals surface area contributed by atoms with Crippen molar-refractivity contribution in [3.63, 3.8) is 0 Å². The highest BCUT2D eigenvalue weighted by Gasteiger charge is 2.23. The molecule has 1 rings (SSSR count). The van der Waals surface area contributed by atoms with Crippen molar-refractivity contribution in [1.29, 1.82) is 0 Å². The van der Waals surface area contributed by atoms with Crippen LogP contribution < -0.4 is 0 Å². The van der Waals surface area contributed by atoms with E-state index in [2.05, 4.69) is 19.9 Å². The second-order valence-corrected chi connectivity index (χ2v) is 4.52. The third-order valence-electron chi connectivity index (χ3n) is 1.82. The molecule has 1 aliphatic heterocycles. The summed E-state index contributed by atoms with van der Waals surface area (Å²) < 4.78 is 0.306. The van der Waals surface area contributed by atoms with Gasteiger partial charge in [-0.25, -0.2) is 0 Å². The second kappa shape index (κ2) is 3.68. The molecule has 10 heavy (non-hydrogen) atoms. The van der Waals surface area contributed by atoms with Gasteiger partial charge in [0, 0.05) is 5.92 Å². The Bertz CT molecular complexity index is 142. The van der Waals surface area contributed by atoms with Crippen LogP contribution in [0.2, 0.25) is 0 Å². The lowest BCUT2D eigenvalue weighted by Crippen LogP contribution is -2.01. The van der Waals surface area contributed by atoms with Crippen LogP contribution in [0.25, 0.3) is 0 Å². The molecule has 0 bridgehead atoms. The molecule has 0 N–H and O–H groups in total. The summed E-state index contributed by atoms with van der Waals surface area (Å²) in [5.74, 6) is 0.613. The maximum atomic E-state index is 6.06. The third kappa shape index (κ3) is 1.70. The SMILES string of the molecule is CCC1=CC(CC)C(Cl)S1. The topological polar surface area (TPSA) is 0 Å². The zero-order chi connectivity index (χ0) is 7.56. The molecule has 1 heterocycles. The number of rotatable bonds is 2.